The summed E-state index contributed by atoms with van der Waals surface area (Å²) in [6, 6.07) is 1.04. The molecule has 0 bridgehead atoms. The summed E-state index contributed by atoms with van der Waals surface area (Å²) in [6.07, 6.45) is 10.3. The van der Waals surface area contributed by atoms with Crippen molar-refractivity contribution < 1.29 is 9.90 Å². The average Bonchev–Trinajstić information content (AvgIpc) is 3.10. The van der Waals surface area contributed by atoms with Crippen LogP contribution in [-0.4, -0.2) is 47.2 Å². The Morgan fingerprint density at radius 1 is 1.20 bits per heavy atom. The molecule has 2 saturated heterocycles. The summed E-state index contributed by atoms with van der Waals surface area (Å²) in [7, 11) is 0. The molecule has 114 valence electrons. The Balaban J connectivity index is 1.58. The number of hydrogen-bond donors (Lipinski definition) is 2. The van der Waals surface area contributed by atoms with E-state index < -0.39 is 0 Å². The van der Waals surface area contributed by atoms with E-state index in [1.54, 1.807) is 0 Å². The Morgan fingerprint density at radius 3 is 2.85 bits per heavy atom. The second-order valence-corrected chi connectivity index (χ2v) is 6.80. The molecule has 0 aromatic heterocycles. The monoisotopic (exact) mass is 280 g/mol. The molecule has 1 amide bonds. The fourth-order valence-electron chi connectivity index (χ4n) is 4.46. The fourth-order valence-corrected chi connectivity index (χ4v) is 4.46. The molecule has 1 aliphatic carbocycles. The number of aliphatic hydroxyl groups excluding tert-OH is 1. The normalized spacial score (nSPS) is 37.1. The van der Waals surface area contributed by atoms with Crippen molar-refractivity contribution in [2.24, 2.45) is 5.92 Å². The van der Waals surface area contributed by atoms with Gasteiger partial charge in [0.25, 0.3) is 0 Å². The molecular formula is C16H28N2O2. The molecular weight excluding hydrogens is 252 g/mol. The number of carbonyl (C=O) groups excluding carboxylic acids is 1. The molecule has 4 unspecified atom stereocenters. The van der Waals surface area contributed by atoms with E-state index in [0.29, 0.717) is 18.0 Å². The van der Waals surface area contributed by atoms with Gasteiger partial charge in [0.1, 0.15) is 0 Å². The summed E-state index contributed by atoms with van der Waals surface area (Å²) in [5.41, 5.74) is 0. The van der Waals surface area contributed by atoms with E-state index in [0.717, 1.165) is 44.6 Å². The summed E-state index contributed by atoms with van der Waals surface area (Å²) >= 11 is 0. The van der Waals surface area contributed by atoms with E-state index in [2.05, 4.69) is 10.2 Å². The van der Waals surface area contributed by atoms with Gasteiger partial charge in [-0.25, -0.2) is 0 Å². The molecule has 2 aliphatic heterocycles. The third-order valence-electron chi connectivity index (χ3n) is 5.52. The van der Waals surface area contributed by atoms with Crippen LogP contribution in [0.1, 0.15) is 57.8 Å². The first-order chi connectivity index (χ1) is 9.79. The maximum absolute atomic E-state index is 12.8. The number of hydrogen-bond acceptors (Lipinski definition) is 3. The zero-order valence-corrected chi connectivity index (χ0v) is 12.4. The number of fused-ring (bicyclic) bond motifs is 1. The van der Waals surface area contributed by atoms with Gasteiger partial charge in [-0.15, -0.1) is 0 Å². The topological polar surface area (TPSA) is 52.6 Å². The van der Waals surface area contributed by atoms with Crippen molar-refractivity contribution in [3.63, 3.8) is 0 Å². The van der Waals surface area contributed by atoms with E-state index in [9.17, 15) is 4.79 Å². The molecule has 3 fully saturated rings. The van der Waals surface area contributed by atoms with Crippen LogP contribution in [0, 0.1) is 5.92 Å². The van der Waals surface area contributed by atoms with Crippen molar-refractivity contribution in [2.75, 3.05) is 13.2 Å². The molecule has 2 heterocycles. The number of aliphatic hydroxyl groups is 1. The van der Waals surface area contributed by atoms with Crippen molar-refractivity contribution in [1.82, 2.24) is 10.2 Å². The van der Waals surface area contributed by atoms with Gasteiger partial charge in [0, 0.05) is 25.2 Å². The summed E-state index contributed by atoms with van der Waals surface area (Å²) in [5.74, 6) is 1.07. The molecule has 4 atom stereocenters. The van der Waals surface area contributed by atoms with Gasteiger partial charge in [0.2, 0.25) is 5.91 Å². The Kier molecular flexibility index (Phi) is 4.61. The first-order valence-corrected chi connectivity index (χ1v) is 8.47. The van der Waals surface area contributed by atoms with E-state index in [1.165, 1.54) is 25.7 Å². The van der Waals surface area contributed by atoms with Crippen molar-refractivity contribution in [3.05, 3.63) is 0 Å². The lowest BCUT2D eigenvalue weighted by Gasteiger charge is -2.27. The van der Waals surface area contributed by atoms with Gasteiger partial charge in [0.05, 0.1) is 6.04 Å². The van der Waals surface area contributed by atoms with Crippen molar-refractivity contribution in [1.29, 1.82) is 0 Å². The highest BCUT2D eigenvalue weighted by Crippen LogP contribution is 2.34. The molecule has 0 aromatic rings. The van der Waals surface area contributed by atoms with Crippen LogP contribution in [0.15, 0.2) is 0 Å². The number of nitrogens with zero attached hydrogens (tertiary/aromatic N) is 1. The van der Waals surface area contributed by atoms with Gasteiger partial charge in [-0.2, -0.15) is 0 Å². The Labute approximate surface area is 121 Å². The summed E-state index contributed by atoms with van der Waals surface area (Å²) in [6.45, 7) is 1.16. The van der Waals surface area contributed by atoms with Gasteiger partial charge in [0.15, 0.2) is 0 Å². The largest absolute Gasteiger partial charge is 0.396 e. The van der Waals surface area contributed by atoms with Crippen LogP contribution in [0.4, 0.5) is 0 Å². The maximum Gasteiger partial charge on any atom is 0.239 e. The fraction of sp³-hybridized carbons (Fsp3) is 0.938. The van der Waals surface area contributed by atoms with Gasteiger partial charge in [-0.3, -0.25) is 4.79 Å². The first-order valence-electron chi connectivity index (χ1n) is 8.47. The highest BCUT2D eigenvalue weighted by atomic mass is 16.3. The van der Waals surface area contributed by atoms with Crippen molar-refractivity contribution in [2.45, 2.75) is 75.9 Å². The Morgan fingerprint density at radius 2 is 2.05 bits per heavy atom. The van der Waals surface area contributed by atoms with Crippen LogP contribution in [0.25, 0.3) is 0 Å². The SMILES string of the molecule is O=C(C1CC2CCCCC2N1)N1CCCC1CCCO. The van der Waals surface area contributed by atoms with Crippen molar-refractivity contribution >= 4 is 5.91 Å². The molecule has 4 nitrogen and oxygen atoms in total. The molecule has 0 radical (unpaired) electrons. The minimum atomic E-state index is 0.0674. The second kappa shape index (κ2) is 6.44. The number of rotatable bonds is 4. The second-order valence-electron chi connectivity index (χ2n) is 6.80. The van der Waals surface area contributed by atoms with E-state index >= 15 is 0 Å². The Hall–Kier alpha value is -0.610. The molecule has 3 aliphatic rings. The van der Waals surface area contributed by atoms with Gasteiger partial charge >= 0.3 is 0 Å². The molecule has 3 rings (SSSR count). The van der Waals surface area contributed by atoms with Crippen LogP contribution in [0.3, 0.4) is 0 Å². The molecule has 4 heteroatoms. The third-order valence-corrected chi connectivity index (χ3v) is 5.52. The van der Waals surface area contributed by atoms with Gasteiger partial charge in [-0.1, -0.05) is 12.8 Å². The van der Waals surface area contributed by atoms with Crippen LogP contribution < -0.4 is 5.32 Å². The van der Waals surface area contributed by atoms with Crippen LogP contribution in [-0.2, 0) is 4.79 Å². The third kappa shape index (κ3) is 2.86. The smallest absolute Gasteiger partial charge is 0.239 e. The lowest BCUT2D eigenvalue weighted by Crippen LogP contribution is -2.47. The van der Waals surface area contributed by atoms with Crippen LogP contribution >= 0.6 is 0 Å². The molecule has 0 aromatic carbocycles. The van der Waals surface area contributed by atoms with E-state index in [1.807, 2.05) is 0 Å². The predicted octanol–water partition coefficient (Wildman–Crippen LogP) is 1.67. The highest BCUT2D eigenvalue weighted by molar-refractivity contribution is 5.83. The standard InChI is InChI=1S/C16H28N2O2/c19-10-4-7-13-6-3-9-18(13)16(20)15-11-12-5-1-2-8-14(12)17-15/h12-15,17,19H,1-11H2. The van der Waals surface area contributed by atoms with Gasteiger partial charge < -0.3 is 15.3 Å². The quantitative estimate of drug-likeness (QED) is 0.823. The van der Waals surface area contributed by atoms with E-state index in [-0.39, 0.29) is 12.6 Å². The molecule has 1 saturated carbocycles. The summed E-state index contributed by atoms with van der Waals surface area (Å²) < 4.78 is 0. The number of nitrogens with one attached hydrogen (secondary N) is 1. The molecule has 0 spiro atoms. The first kappa shape index (κ1) is 14.3. The highest BCUT2D eigenvalue weighted by Gasteiger charge is 2.41. The number of carbonyl (C=O) groups is 1. The van der Waals surface area contributed by atoms with Crippen molar-refractivity contribution in [3.8, 4) is 0 Å². The number of amides is 1. The zero-order valence-electron chi connectivity index (χ0n) is 12.4. The number of likely N-dealkylation sites (tertiary alicyclic amines) is 1. The van der Waals surface area contributed by atoms with E-state index in [4.69, 9.17) is 5.11 Å². The predicted molar refractivity (Wildman–Crippen MR) is 78.3 cm³/mol. The summed E-state index contributed by atoms with van der Waals surface area (Å²) in [4.78, 5) is 14.9. The lowest BCUT2D eigenvalue weighted by molar-refractivity contribution is -0.134. The minimum absolute atomic E-state index is 0.0674. The summed E-state index contributed by atoms with van der Waals surface area (Å²) in [5, 5.41) is 12.6. The van der Waals surface area contributed by atoms with Crippen LogP contribution in [0.2, 0.25) is 0 Å². The van der Waals surface area contributed by atoms with Crippen LogP contribution in [0.5, 0.6) is 0 Å². The molecule has 2 N–H and O–H groups in total. The minimum Gasteiger partial charge on any atom is -0.396 e. The average molecular weight is 280 g/mol. The molecule has 20 heavy (non-hydrogen) atoms. The Bertz CT molecular complexity index is 333. The zero-order chi connectivity index (χ0) is 13.9. The maximum atomic E-state index is 12.8. The lowest BCUT2D eigenvalue weighted by atomic mass is 9.85. The van der Waals surface area contributed by atoms with Gasteiger partial charge in [-0.05, 0) is 50.9 Å².